The normalized spacial score (nSPS) is 17.9. The van der Waals surface area contributed by atoms with Crippen molar-refractivity contribution in [2.45, 2.75) is 11.8 Å². The largest absolute Gasteiger partial charge is 0.379 e. The van der Waals surface area contributed by atoms with Gasteiger partial charge in [-0.25, -0.2) is 4.39 Å². The lowest BCUT2D eigenvalue weighted by Crippen LogP contribution is -2.47. The smallest absolute Gasteiger partial charge is 0.127 e. The van der Waals surface area contributed by atoms with Crippen LogP contribution in [-0.2, 0) is 10.2 Å². The van der Waals surface area contributed by atoms with Crippen LogP contribution in [0.1, 0.15) is 12.0 Å². The minimum Gasteiger partial charge on any atom is -0.379 e. The topological polar surface area (TPSA) is 33.0 Å². The molecule has 1 saturated heterocycles. The second-order valence-corrected chi connectivity index (χ2v) is 4.17. The van der Waals surface area contributed by atoms with E-state index in [-0.39, 0.29) is 12.2 Å². The molecule has 0 aromatic heterocycles. The molecule has 2 rings (SSSR count). The fraction of sp³-hybridized carbons (Fsp3) is 0.364. The molecule has 1 aromatic rings. The fourth-order valence-corrected chi connectivity index (χ4v) is 1.93. The number of hydrogen-bond acceptors (Lipinski definition) is 2. The zero-order chi connectivity index (χ0) is 10.9. The standard InChI is InChI=1S/C11H9ClFNO/c12-8-1-2-10(13)9(5-8)11(3-4-14)6-15-7-11/h1-2,5H,3,6-7H2. The molecule has 0 bridgehead atoms. The Bertz CT molecular complexity index is 423. The van der Waals surface area contributed by atoms with Crippen LogP contribution in [0.3, 0.4) is 0 Å². The average Bonchev–Trinajstić information content (AvgIpc) is 2.16. The second kappa shape index (κ2) is 3.80. The minimum absolute atomic E-state index is 0.254. The maximum atomic E-state index is 13.6. The first kappa shape index (κ1) is 10.4. The number of benzene rings is 1. The van der Waals surface area contributed by atoms with E-state index in [1.165, 1.54) is 12.1 Å². The van der Waals surface area contributed by atoms with Gasteiger partial charge in [0.1, 0.15) is 5.82 Å². The number of nitrogens with zero attached hydrogens (tertiary/aromatic N) is 1. The third kappa shape index (κ3) is 1.71. The van der Waals surface area contributed by atoms with E-state index in [0.29, 0.717) is 23.8 Å². The van der Waals surface area contributed by atoms with Crippen LogP contribution < -0.4 is 0 Å². The van der Waals surface area contributed by atoms with Crippen molar-refractivity contribution in [1.82, 2.24) is 0 Å². The highest BCUT2D eigenvalue weighted by Crippen LogP contribution is 2.37. The van der Waals surface area contributed by atoms with Gasteiger partial charge in [-0.1, -0.05) is 11.6 Å². The Labute approximate surface area is 92.2 Å². The predicted octanol–water partition coefficient (Wildman–Crippen LogP) is 2.66. The molecule has 0 atom stereocenters. The van der Waals surface area contributed by atoms with E-state index in [2.05, 4.69) is 6.07 Å². The molecule has 0 amide bonds. The van der Waals surface area contributed by atoms with Crippen LogP contribution in [0.15, 0.2) is 18.2 Å². The summed E-state index contributed by atoms with van der Waals surface area (Å²) < 4.78 is 18.7. The summed E-state index contributed by atoms with van der Waals surface area (Å²) in [5, 5.41) is 9.21. The van der Waals surface area contributed by atoms with Crippen molar-refractivity contribution >= 4 is 11.6 Å². The number of ether oxygens (including phenoxy) is 1. The Hall–Kier alpha value is -1.11. The molecule has 0 radical (unpaired) electrons. The molecule has 1 aliphatic heterocycles. The van der Waals surface area contributed by atoms with Gasteiger partial charge in [0.2, 0.25) is 0 Å². The first-order valence-corrected chi connectivity index (χ1v) is 4.96. The third-order valence-electron chi connectivity index (χ3n) is 2.67. The molecular weight excluding hydrogens is 217 g/mol. The van der Waals surface area contributed by atoms with Crippen molar-refractivity contribution in [2.75, 3.05) is 13.2 Å². The molecule has 4 heteroatoms. The van der Waals surface area contributed by atoms with Crippen LogP contribution in [0.4, 0.5) is 4.39 Å². The monoisotopic (exact) mass is 225 g/mol. The van der Waals surface area contributed by atoms with E-state index in [1.807, 2.05) is 0 Å². The predicted molar refractivity (Wildman–Crippen MR) is 54.1 cm³/mol. The highest BCUT2D eigenvalue weighted by atomic mass is 35.5. The van der Waals surface area contributed by atoms with E-state index in [9.17, 15) is 4.39 Å². The van der Waals surface area contributed by atoms with Crippen molar-refractivity contribution in [1.29, 1.82) is 5.26 Å². The quantitative estimate of drug-likeness (QED) is 0.775. The summed E-state index contributed by atoms with van der Waals surface area (Å²) in [6, 6.07) is 6.47. The third-order valence-corrected chi connectivity index (χ3v) is 2.91. The fourth-order valence-electron chi connectivity index (χ4n) is 1.76. The highest BCUT2D eigenvalue weighted by Gasteiger charge is 2.42. The molecular formula is C11H9ClFNO. The van der Waals surface area contributed by atoms with E-state index >= 15 is 0 Å². The van der Waals surface area contributed by atoms with Crippen molar-refractivity contribution in [3.05, 3.63) is 34.6 Å². The van der Waals surface area contributed by atoms with Crippen LogP contribution >= 0.6 is 11.6 Å². The maximum Gasteiger partial charge on any atom is 0.127 e. The Kier molecular flexibility index (Phi) is 2.64. The Balaban J connectivity index is 2.43. The van der Waals surface area contributed by atoms with Crippen molar-refractivity contribution in [3.8, 4) is 6.07 Å². The van der Waals surface area contributed by atoms with Gasteiger partial charge in [-0.2, -0.15) is 5.26 Å². The summed E-state index contributed by atoms with van der Waals surface area (Å²) in [6.45, 7) is 0.773. The van der Waals surface area contributed by atoms with Gasteiger partial charge in [0.15, 0.2) is 0 Å². The van der Waals surface area contributed by atoms with Crippen molar-refractivity contribution < 1.29 is 9.13 Å². The molecule has 2 nitrogen and oxygen atoms in total. The molecule has 15 heavy (non-hydrogen) atoms. The van der Waals surface area contributed by atoms with Gasteiger partial charge in [-0.3, -0.25) is 0 Å². The molecule has 0 spiro atoms. The molecule has 78 valence electrons. The highest BCUT2D eigenvalue weighted by molar-refractivity contribution is 6.30. The molecule has 0 saturated carbocycles. The molecule has 1 aliphatic rings. The van der Waals surface area contributed by atoms with Gasteiger partial charge in [-0.05, 0) is 18.2 Å². The van der Waals surface area contributed by atoms with Crippen LogP contribution in [0.25, 0.3) is 0 Å². The molecule has 1 heterocycles. The van der Waals surface area contributed by atoms with Crippen molar-refractivity contribution in [2.24, 2.45) is 0 Å². The van der Waals surface area contributed by atoms with Crippen LogP contribution in [-0.4, -0.2) is 13.2 Å². The average molecular weight is 226 g/mol. The Morgan fingerprint density at radius 1 is 1.53 bits per heavy atom. The lowest BCUT2D eigenvalue weighted by Gasteiger charge is -2.40. The zero-order valence-electron chi connectivity index (χ0n) is 7.96. The lowest BCUT2D eigenvalue weighted by atomic mass is 9.76. The Morgan fingerprint density at radius 2 is 2.27 bits per heavy atom. The summed E-state index contributed by atoms with van der Waals surface area (Å²) in [5.41, 5.74) is -0.00759. The summed E-state index contributed by atoms with van der Waals surface area (Å²) >= 11 is 5.81. The summed E-state index contributed by atoms with van der Waals surface area (Å²) in [5.74, 6) is -0.321. The van der Waals surface area contributed by atoms with Gasteiger partial charge >= 0.3 is 0 Å². The van der Waals surface area contributed by atoms with Gasteiger partial charge in [0, 0.05) is 17.0 Å². The molecule has 0 N–H and O–H groups in total. The van der Waals surface area contributed by atoms with E-state index < -0.39 is 5.41 Å². The number of rotatable bonds is 2. The van der Waals surface area contributed by atoms with Gasteiger partial charge in [-0.15, -0.1) is 0 Å². The number of nitriles is 1. The van der Waals surface area contributed by atoms with E-state index in [1.54, 1.807) is 6.07 Å². The Morgan fingerprint density at radius 3 is 2.80 bits per heavy atom. The van der Waals surface area contributed by atoms with Crippen LogP contribution in [0.2, 0.25) is 5.02 Å². The molecule has 0 unspecified atom stereocenters. The van der Waals surface area contributed by atoms with E-state index in [4.69, 9.17) is 21.6 Å². The minimum atomic E-state index is -0.496. The van der Waals surface area contributed by atoms with Crippen LogP contribution in [0, 0.1) is 17.1 Å². The van der Waals surface area contributed by atoms with Crippen molar-refractivity contribution in [3.63, 3.8) is 0 Å². The number of halogens is 2. The van der Waals surface area contributed by atoms with Gasteiger partial charge in [0.25, 0.3) is 0 Å². The van der Waals surface area contributed by atoms with Gasteiger partial charge in [0.05, 0.1) is 24.7 Å². The second-order valence-electron chi connectivity index (χ2n) is 3.73. The zero-order valence-corrected chi connectivity index (χ0v) is 8.72. The summed E-state index contributed by atoms with van der Waals surface area (Å²) in [7, 11) is 0. The number of hydrogen-bond donors (Lipinski definition) is 0. The van der Waals surface area contributed by atoms with E-state index in [0.717, 1.165) is 0 Å². The maximum absolute atomic E-state index is 13.6. The molecule has 1 aromatic carbocycles. The first-order valence-electron chi connectivity index (χ1n) is 4.58. The summed E-state index contributed by atoms with van der Waals surface area (Å²) in [6.07, 6.45) is 0.254. The van der Waals surface area contributed by atoms with Gasteiger partial charge < -0.3 is 4.74 Å². The first-order chi connectivity index (χ1) is 7.18. The summed E-state index contributed by atoms with van der Waals surface area (Å²) in [4.78, 5) is 0. The SMILES string of the molecule is N#CCC1(c2cc(Cl)ccc2F)COC1. The molecule has 0 aliphatic carbocycles. The van der Waals surface area contributed by atoms with Crippen LogP contribution in [0.5, 0.6) is 0 Å². The lowest BCUT2D eigenvalue weighted by molar-refractivity contribution is -0.0592. The molecule has 1 fully saturated rings.